The second-order valence-corrected chi connectivity index (χ2v) is 8.91. The Morgan fingerprint density at radius 2 is 1.74 bits per heavy atom. The molecule has 7 heteroatoms. The van der Waals surface area contributed by atoms with Crippen LogP contribution in [0.15, 0.2) is 84.9 Å². The van der Waals surface area contributed by atoms with Gasteiger partial charge in [0.25, 0.3) is 0 Å². The number of para-hydroxylation sites is 1. The van der Waals surface area contributed by atoms with Gasteiger partial charge in [0.05, 0.1) is 22.5 Å². The smallest absolute Gasteiger partial charge is 0.247 e. The van der Waals surface area contributed by atoms with Crippen molar-refractivity contribution in [3.8, 4) is 17.0 Å². The van der Waals surface area contributed by atoms with Gasteiger partial charge in [-0.1, -0.05) is 60.7 Å². The number of nitrogens with zero attached hydrogens (tertiary/aromatic N) is 1. The lowest BCUT2D eigenvalue weighted by atomic mass is 9.93. The summed E-state index contributed by atoms with van der Waals surface area (Å²) in [6, 6.07) is 27.5. The number of carbonyl (C=O) groups excluding carboxylic acids is 2. The normalized spacial score (nSPS) is 18.7. The van der Waals surface area contributed by atoms with Crippen LogP contribution < -0.4 is 16.0 Å². The van der Waals surface area contributed by atoms with E-state index in [0.717, 1.165) is 33.3 Å². The predicted molar refractivity (Wildman–Crippen MR) is 131 cm³/mol. The predicted octanol–water partition coefficient (Wildman–Crippen LogP) is 4.02. The number of benzene rings is 3. The summed E-state index contributed by atoms with van der Waals surface area (Å²) in [5.74, 6) is -1.04. The molecule has 1 aliphatic rings. The van der Waals surface area contributed by atoms with E-state index in [1.807, 2.05) is 78.9 Å². The van der Waals surface area contributed by atoms with Gasteiger partial charge in [-0.25, -0.2) is 10.5 Å². The highest BCUT2D eigenvalue weighted by Crippen LogP contribution is 2.54. The van der Waals surface area contributed by atoms with Crippen LogP contribution in [-0.4, -0.2) is 22.0 Å². The highest BCUT2D eigenvalue weighted by molar-refractivity contribution is 5.95. The summed E-state index contributed by atoms with van der Waals surface area (Å²) in [7, 11) is 0. The molecule has 7 nitrogen and oxygen atoms in total. The third-order valence-corrected chi connectivity index (χ3v) is 6.70. The van der Waals surface area contributed by atoms with Crippen LogP contribution >= 0.6 is 0 Å². The first kappa shape index (κ1) is 22.6. The Bertz CT molecular complexity index is 1390. The van der Waals surface area contributed by atoms with Crippen molar-refractivity contribution in [2.24, 2.45) is 17.1 Å². The molecular weight excluding hydrogens is 442 g/mol. The molecule has 1 aromatic heterocycles. The minimum absolute atomic E-state index is 0.325. The van der Waals surface area contributed by atoms with E-state index in [1.165, 1.54) is 0 Å². The van der Waals surface area contributed by atoms with Crippen LogP contribution in [-0.2, 0) is 22.6 Å². The number of aromatic nitrogens is 1. The maximum absolute atomic E-state index is 12.0. The fourth-order valence-electron chi connectivity index (χ4n) is 4.63. The van der Waals surface area contributed by atoms with Gasteiger partial charge in [0.15, 0.2) is 0 Å². The summed E-state index contributed by atoms with van der Waals surface area (Å²) in [4.78, 5) is 28.6. The number of hydroxylamine groups is 1. The minimum atomic E-state index is -0.959. The van der Waals surface area contributed by atoms with Crippen molar-refractivity contribution in [2.45, 2.75) is 19.4 Å². The van der Waals surface area contributed by atoms with E-state index in [9.17, 15) is 9.59 Å². The molecule has 0 aliphatic heterocycles. The van der Waals surface area contributed by atoms with Crippen molar-refractivity contribution in [3.05, 3.63) is 96.1 Å². The number of rotatable bonds is 8. The lowest BCUT2D eigenvalue weighted by Gasteiger charge is -2.14. The summed E-state index contributed by atoms with van der Waals surface area (Å²) in [5.41, 5.74) is 11.0. The first-order valence-corrected chi connectivity index (χ1v) is 11.4. The SMILES string of the molecule is NC(=O)[C@]1(Cc2ccc(OCc3cc(-c4ccccc4)nc4ccccc34)cc2)C[C@H]1C(=O)NO. The van der Waals surface area contributed by atoms with Gasteiger partial charge in [0.2, 0.25) is 11.8 Å². The highest BCUT2D eigenvalue weighted by Gasteiger charge is 2.62. The minimum Gasteiger partial charge on any atom is -0.489 e. The van der Waals surface area contributed by atoms with Crippen LogP contribution in [0.25, 0.3) is 22.2 Å². The van der Waals surface area contributed by atoms with E-state index < -0.39 is 23.1 Å². The van der Waals surface area contributed by atoms with Gasteiger partial charge in [-0.15, -0.1) is 0 Å². The van der Waals surface area contributed by atoms with Crippen LogP contribution in [0.1, 0.15) is 17.5 Å². The van der Waals surface area contributed by atoms with Crippen LogP contribution in [0.2, 0.25) is 0 Å². The van der Waals surface area contributed by atoms with Crippen molar-refractivity contribution < 1.29 is 19.5 Å². The van der Waals surface area contributed by atoms with Crippen molar-refractivity contribution in [1.82, 2.24) is 10.5 Å². The number of nitrogens with two attached hydrogens (primary N) is 1. The zero-order valence-electron chi connectivity index (χ0n) is 19.0. The molecule has 0 radical (unpaired) electrons. The fourth-order valence-corrected chi connectivity index (χ4v) is 4.63. The number of hydrogen-bond acceptors (Lipinski definition) is 5. The molecule has 4 N–H and O–H groups in total. The summed E-state index contributed by atoms with van der Waals surface area (Å²) in [6.07, 6.45) is 0.655. The number of fused-ring (bicyclic) bond motifs is 1. The summed E-state index contributed by atoms with van der Waals surface area (Å²) < 4.78 is 6.10. The molecule has 1 heterocycles. The topological polar surface area (TPSA) is 115 Å². The van der Waals surface area contributed by atoms with E-state index >= 15 is 0 Å². The van der Waals surface area contributed by atoms with Gasteiger partial charge < -0.3 is 10.5 Å². The molecule has 0 unspecified atom stereocenters. The molecule has 1 fully saturated rings. The van der Waals surface area contributed by atoms with Crippen molar-refractivity contribution in [1.29, 1.82) is 0 Å². The van der Waals surface area contributed by atoms with Gasteiger partial charge >= 0.3 is 0 Å². The lowest BCUT2D eigenvalue weighted by Crippen LogP contribution is -2.33. The Morgan fingerprint density at radius 1 is 1.03 bits per heavy atom. The maximum atomic E-state index is 12.0. The average molecular weight is 468 g/mol. The average Bonchev–Trinajstić information content (AvgIpc) is 3.63. The van der Waals surface area contributed by atoms with E-state index in [1.54, 1.807) is 5.48 Å². The number of amides is 2. The Kier molecular flexibility index (Phi) is 5.93. The molecule has 176 valence electrons. The Labute approximate surface area is 202 Å². The van der Waals surface area contributed by atoms with Crippen LogP contribution in [0.3, 0.4) is 0 Å². The van der Waals surface area contributed by atoms with Gasteiger partial charge in [-0.2, -0.15) is 0 Å². The number of nitrogens with one attached hydrogen (secondary N) is 1. The number of carbonyl (C=O) groups is 2. The monoisotopic (exact) mass is 467 g/mol. The number of hydrogen-bond donors (Lipinski definition) is 3. The Hall–Kier alpha value is -4.23. The summed E-state index contributed by atoms with van der Waals surface area (Å²) in [5, 5.41) is 9.93. The molecule has 1 aliphatic carbocycles. The van der Waals surface area contributed by atoms with Crippen molar-refractivity contribution in [3.63, 3.8) is 0 Å². The van der Waals surface area contributed by atoms with E-state index in [2.05, 4.69) is 6.07 Å². The number of primary amides is 1. The second-order valence-electron chi connectivity index (χ2n) is 8.91. The Balaban J connectivity index is 1.33. The number of ether oxygens (including phenoxy) is 1. The Morgan fingerprint density at radius 3 is 2.46 bits per heavy atom. The zero-order chi connectivity index (χ0) is 24.4. The molecule has 0 bridgehead atoms. The maximum Gasteiger partial charge on any atom is 0.247 e. The standard InChI is InChI=1S/C28H25N3O4/c29-27(33)28(16-23(28)26(32)31-34)15-18-10-12-21(13-11-18)35-17-20-14-25(19-6-2-1-3-7-19)30-24-9-5-4-8-22(20)24/h1-14,23,34H,15-17H2,(H2,29,33)(H,31,32)/t23-,28+/m0/s1. The van der Waals surface area contributed by atoms with Gasteiger partial charge in [0.1, 0.15) is 12.4 Å². The van der Waals surface area contributed by atoms with Crippen molar-refractivity contribution in [2.75, 3.05) is 0 Å². The third-order valence-electron chi connectivity index (χ3n) is 6.70. The van der Waals surface area contributed by atoms with Crippen molar-refractivity contribution >= 4 is 22.7 Å². The zero-order valence-corrected chi connectivity index (χ0v) is 19.0. The van der Waals surface area contributed by atoms with Gasteiger partial charge in [-0.05, 0) is 42.7 Å². The fraction of sp³-hybridized carbons (Fsp3) is 0.179. The first-order valence-electron chi connectivity index (χ1n) is 11.4. The molecular formula is C28H25N3O4. The molecule has 3 aromatic carbocycles. The van der Waals surface area contributed by atoms with E-state index in [-0.39, 0.29) is 0 Å². The molecule has 2 atom stereocenters. The summed E-state index contributed by atoms with van der Waals surface area (Å²) >= 11 is 0. The molecule has 0 saturated heterocycles. The van der Waals surface area contributed by atoms with Crippen LogP contribution in [0.5, 0.6) is 5.75 Å². The first-order chi connectivity index (χ1) is 17.0. The quantitative estimate of drug-likeness (QED) is 0.267. The third kappa shape index (κ3) is 4.46. The van der Waals surface area contributed by atoms with Crippen LogP contribution in [0, 0.1) is 11.3 Å². The largest absolute Gasteiger partial charge is 0.489 e. The molecule has 35 heavy (non-hydrogen) atoms. The van der Waals surface area contributed by atoms with Gasteiger partial charge in [-0.3, -0.25) is 14.8 Å². The highest BCUT2D eigenvalue weighted by atomic mass is 16.5. The molecule has 5 rings (SSSR count). The summed E-state index contributed by atoms with van der Waals surface area (Å²) in [6.45, 7) is 0.367. The molecule has 0 spiro atoms. The lowest BCUT2D eigenvalue weighted by molar-refractivity contribution is -0.134. The second kappa shape index (κ2) is 9.19. The van der Waals surface area contributed by atoms with E-state index in [4.69, 9.17) is 20.7 Å². The van der Waals surface area contributed by atoms with E-state index in [0.29, 0.717) is 25.2 Å². The van der Waals surface area contributed by atoms with Gasteiger partial charge in [0, 0.05) is 16.5 Å². The molecule has 1 saturated carbocycles. The molecule has 2 amide bonds. The molecule has 4 aromatic rings. The van der Waals surface area contributed by atoms with Crippen LogP contribution in [0.4, 0.5) is 0 Å². The number of pyridine rings is 1.